The third kappa shape index (κ3) is 49.2. The fraction of sp³-hybridized carbons (Fsp3) is 0.926. The smallest absolute Gasteiger partial charge is 0.306 e. The predicted molar refractivity (Wildman–Crippen MR) is 256 cm³/mol. The van der Waals surface area contributed by atoms with Crippen molar-refractivity contribution in [3.05, 3.63) is 12.2 Å². The van der Waals surface area contributed by atoms with Gasteiger partial charge in [-0.2, -0.15) is 0 Å². The van der Waals surface area contributed by atoms with Gasteiger partial charge in [0.05, 0.1) is 6.61 Å². The van der Waals surface area contributed by atoms with Crippen LogP contribution in [0.15, 0.2) is 12.2 Å². The number of ether oxygens (including phenoxy) is 2. The Hall–Kier alpha value is -1.36. The van der Waals surface area contributed by atoms with Gasteiger partial charge in [-0.3, -0.25) is 9.59 Å². The Morgan fingerprint density at radius 3 is 0.915 bits per heavy atom. The third-order valence-electron chi connectivity index (χ3n) is 12.3. The first-order chi connectivity index (χ1) is 29.1. The SMILES string of the molecule is CCCCCCCC/C=C\CCCCCCCCCC(=O)OC(CO)COC(=O)CCCCCCCCCCCCCCCCCCCCCCCCCCCCCC. The minimum atomic E-state index is -0.769. The van der Waals surface area contributed by atoms with Crippen molar-refractivity contribution < 1.29 is 24.2 Å². The first-order valence-corrected chi connectivity index (χ1v) is 26.7. The molecule has 1 unspecified atom stereocenters. The number of unbranched alkanes of at least 4 members (excludes halogenated alkanes) is 40. The summed E-state index contributed by atoms with van der Waals surface area (Å²) in [7, 11) is 0. The fourth-order valence-electron chi connectivity index (χ4n) is 8.26. The molecule has 0 amide bonds. The van der Waals surface area contributed by atoms with Crippen LogP contribution in [0.1, 0.15) is 303 Å². The van der Waals surface area contributed by atoms with Gasteiger partial charge in [0.25, 0.3) is 0 Å². The van der Waals surface area contributed by atoms with Crippen LogP contribution in [0.2, 0.25) is 0 Å². The highest BCUT2D eigenvalue weighted by Gasteiger charge is 2.16. The summed E-state index contributed by atoms with van der Waals surface area (Å²) in [6, 6.07) is 0. The number of hydrogen-bond donors (Lipinski definition) is 1. The van der Waals surface area contributed by atoms with Crippen molar-refractivity contribution in [1.82, 2.24) is 0 Å². The molecule has 0 saturated heterocycles. The molecular weight excluding hydrogens is 729 g/mol. The number of hydrogen-bond acceptors (Lipinski definition) is 5. The van der Waals surface area contributed by atoms with E-state index in [9.17, 15) is 14.7 Å². The average molecular weight is 833 g/mol. The van der Waals surface area contributed by atoms with Gasteiger partial charge in [-0.25, -0.2) is 0 Å². The van der Waals surface area contributed by atoms with Crippen LogP contribution in [-0.2, 0) is 19.1 Å². The van der Waals surface area contributed by atoms with Gasteiger partial charge in [0.2, 0.25) is 0 Å². The molecule has 0 aliphatic rings. The molecule has 5 nitrogen and oxygen atoms in total. The van der Waals surface area contributed by atoms with E-state index in [0.29, 0.717) is 12.8 Å². The summed E-state index contributed by atoms with van der Waals surface area (Å²) in [5.74, 6) is -0.577. The summed E-state index contributed by atoms with van der Waals surface area (Å²) in [6.07, 6.45) is 61.8. The third-order valence-corrected chi connectivity index (χ3v) is 12.3. The van der Waals surface area contributed by atoms with Crippen LogP contribution >= 0.6 is 0 Å². The maximum absolute atomic E-state index is 12.2. The van der Waals surface area contributed by atoms with Gasteiger partial charge in [0.1, 0.15) is 6.61 Å². The largest absolute Gasteiger partial charge is 0.462 e. The predicted octanol–water partition coefficient (Wildman–Crippen LogP) is 17.6. The van der Waals surface area contributed by atoms with E-state index in [4.69, 9.17) is 9.47 Å². The van der Waals surface area contributed by atoms with Crippen LogP contribution in [0.3, 0.4) is 0 Å². The molecule has 0 spiro atoms. The van der Waals surface area contributed by atoms with Gasteiger partial charge in [-0.1, -0.05) is 264 Å². The number of rotatable bonds is 50. The highest BCUT2D eigenvalue weighted by Crippen LogP contribution is 2.17. The Kier molecular flexibility index (Phi) is 49.8. The van der Waals surface area contributed by atoms with E-state index >= 15 is 0 Å². The number of allylic oxidation sites excluding steroid dienone is 2. The molecule has 0 aliphatic carbocycles. The van der Waals surface area contributed by atoms with Crippen molar-refractivity contribution in [3.63, 3.8) is 0 Å². The number of esters is 2. The number of carbonyl (C=O) groups excluding carboxylic acids is 2. The number of carbonyl (C=O) groups is 2. The van der Waals surface area contributed by atoms with Gasteiger partial charge in [0.15, 0.2) is 6.10 Å². The molecular formula is C54H104O5. The van der Waals surface area contributed by atoms with Gasteiger partial charge >= 0.3 is 11.9 Å². The zero-order chi connectivity index (χ0) is 42.8. The summed E-state index contributed by atoms with van der Waals surface area (Å²) in [5, 5.41) is 9.62. The highest BCUT2D eigenvalue weighted by atomic mass is 16.6. The lowest BCUT2D eigenvalue weighted by atomic mass is 10.0. The Labute approximate surface area is 369 Å². The maximum atomic E-state index is 12.2. The summed E-state index contributed by atoms with van der Waals surface area (Å²) >= 11 is 0. The quantitative estimate of drug-likeness (QED) is 0.0375. The molecule has 0 radical (unpaired) electrons. The van der Waals surface area contributed by atoms with E-state index in [1.54, 1.807) is 0 Å². The zero-order valence-electron chi connectivity index (χ0n) is 40.0. The van der Waals surface area contributed by atoms with Crippen LogP contribution < -0.4 is 0 Å². The summed E-state index contributed by atoms with van der Waals surface area (Å²) in [6.45, 7) is 4.18. The van der Waals surface area contributed by atoms with Crippen LogP contribution in [0.5, 0.6) is 0 Å². The molecule has 0 aromatic rings. The molecule has 0 saturated carbocycles. The Morgan fingerprint density at radius 1 is 0.373 bits per heavy atom. The average Bonchev–Trinajstić information content (AvgIpc) is 3.24. The van der Waals surface area contributed by atoms with Gasteiger partial charge in [-0.05, 0) is 38.5 Å². The van der Waals surface area contributed by atoms with Crippen molar-refractivity contribution >= 4 is 11.9 Å². The molecule has 5 heteroatoms. The lowest BCUT2D eigenvalue weighted by Crippen LogP contribution is -2.28. The fourth-order valence-corrected chi connectivity index (χ4v) is 8.26. The van der Waals surface area contributed by atoms with E-state index in [-0.39, 0.29) is 25.2 Å². The molecule has 0 rings (SSSR count). The van der Waals surface area contributed by atoms with Crippen molar-refractivity contribution in [1.29, 1.82) is 0 Å². The normalized spacial score (nSPS) is 12.1. The van der Waals surface area contributed by atoms with E-state index < -0.39 is 6.10 Å². The maximum Gasteiger partial charge on any atom is 0.306 e. The summed E-state index contributed by atoms with van der Waals surface area (Å²) in [5.41, 5.74) is 0. The number of aliphatic hydroxyl groups excluding tert-OH is 1. The number of aliphatic hydroxyl groups is 1. The summed E-state index contributed by atoms with van der Waals surface area (Å²) in [4.78, 5) is 24.4. The summed E-state index contributed by atoms with van der Waals surface area (Å²) < 4.78 is 10.7. The molecule has 0 aliphatic heterocycles. The van der Waals surface area contributed by atoms with Gasteiger partial charge < -0.3 is 14.6 Å². The minimum absolute atomic E-state index is 0.0607. The monoisotopic (exact) mass is 833 g/mol. The molecule has 1 N–H and O–H groups in total. The molecule has 0 bridgehead atoms. The van der Waals surface area contributed by atoms with Crippen LogP contribution in [0.4, 0.5) is 0 Å². The van der Waals surface area contributed by atoms with Crippen LogP contribution in [0, 0.1) is 0 Å². The van der Waals surface area contributed by atoms with E-state index in [1.807, 2.05) is 0 Å². The van der Waals surface area contributed by atoms with E-state index in [1.165, 1.54) is 244 Å². The molecule has 0 heterocycles. The van der Waals surface area contributed by atoms with E-state index in [2.05, 4.69) is 26.0 Å². The second-order valence-corrected chi connectivity index (χ2v) is 18.3. The molecule has 59 heavy (non-hydrogen) atoms. The second-order valence-electron chi connectivity index (χ2n) is 18.3. The molecule has 0 fully saturated rings. The molecule has 0 aromatic carbocycles. The lowest BCUT2D eigenvalue weighted by Gasteiger charge is -2.15. The van der Waals surface area contributed by atoms with E-state index in [0.717, 1.165) is 32.1 Å². The first-order valence-electron chi connectivity index (χ1n) is 26.7. The van der Waals surface area contributed by atoms with Crippen molar-refractivity contribution in [2.24, 2.45) is 0 Å². The van der Waals surface area contributed by atoms with Crippen molar-refractivity contribution in [3.8, 4) is 0 Å². The molecule has 1 atom stereocenters. The first kappa shape index (κ1) is 57.6. The standard InChI is InChI=1S/C54H104O5/c1-3-5-7-9-11-13-15-17-19-21-22-23-24-25-26-27-28-29-30-31-33-34-36-38-40-42-44-46-48-53(56)58-51-52(50-55)59-54(57)49-47-45-43-41-39-37-35-32-20-18-16-14-12-10-8-6-4-2/h18,20,52,55H,3-17,19,21-51H2,1-2H3/b20-18-. The van der Waals surface area contributed by atoms with Crippen molar-refractivity contribution in [2.45, 2.75) is 309 Å². The molecule has 350 valence electrons. The van der Waals surface area contributed by atoms with Crippen molar-refractivity contribution in [2.75, 3.05) is 13.2 Å². The lowest BCUT2D eigenvalue weighted by molar-refractivity contribution is -0.161. The van der Waals surface area contributed by atoms with Crippen LogP contribution in [0.25, 0.3) is 0 Å². The topological polar surface area (TPSA) is 72.8 Å². The molecule has 0 aromatic heterocycles. The highest BCUT2D eigenvalue weighted by molar-refractivity contribution is 5.70. The Bertz CT molecular complexity index is 856. The van der Waals surface area contributed by atoms with Gasteiger partial charge in [0, 0.05) is 12.8 Å². The van der Waals surface area contributed by atoms with Gasteiger partial charge in [-0.15, -0.1) is 0 Å². The minimum Gasteiger partial charge on any atom is -0.462 e. The Morgan fingerprint density at radius 2 is 0.627 bits per heavy atom. The second kappa shape index (κ2) is 51.0. The Balaban J connectivity index is 3.41. The van der Waals surface area contributed by atoms with Crippen LogP contribution in [-0.4, -0.2) is 36.4 Å². The zero-order valence-corrected chi connectivity index (χ0v) is 40.0.